The molecule has 160 valence electrons. The van der Waals surface area contributed by atoms with Gasteiger partial charge in [-0.05, 0) is 24.3 Å². The van der Waals surface area contributed by atoms with Crippen LogP contribution in [-0.4, -0.2) is 34.1 Å². The van der Waals surface area contributed by atoms with E-state index in [1.165, 1.54) is 0 Å². The first-order valence-corrected chi connectivity index (χ1v) is 10.7. The Balaban J connectivity index is 1.52. The standard InChI is InChI=1S/C25H26N2O4/c1-2-13-26-18-9-6-10-20(28)24(18)21(29)12-11-19-25-22(30)14-17(15-23(25)31-27-19)16-7-4-3-5-8-16/h2-5,7-8,17,29H,1,6,9-15H2. The van der Waals surface area contributed by atoms with E-state index in [4.69, 9.17) is 4.52 Å². The lowest BCUT2D eigenvalue weighted by molar-refractivity contribution is -0.115. The van der Waals surface area contributed by atoms with Gasteiger partial charge in [0.2, 0.25) is 0 Å². The Morgan fingerprint density at radius 1 is 1.19 bits per heavy atom. The van der Waals surface area contributed by atoms with Gasteiger partial charge in [0, 0.05) is 37.8 Å². The van der Waals surface area contributed by atoms with Crippen molar-refractivity contribution >= 4 is 17.3 Å². The molecule has 0 saturated heterocycles. The van der Waals surface area contributed by atoms with Crippen LogP contribution in [0.5, 0.6) is 0 Å². The maximum Gasteiger partial charge on any atom is 0.168 e. The molecule has 1 unspecified atom stereocenters. The molecule has 0 amide bonds. The number of aromatic nitrogens is 1. The largest absolute Gasteiger partial charge is 0.511 e. The van der Waals surface area contributed by atoms with E-state index >= 15 is 0 Å². The van der Waals surface area contributed by atoms with Gasteiger partial charge >= 0.3 is 0 Å². The summed E-state index contributed by atoms with van der Waals surface area (Å²) in [6.07, 6.45) is 5.05. The minimum Gasteiger partial charge on any atom is -0.511 e. The SMILES string of the molecule is C=CCN=C1CCCC(=O)C1=C(O)CCc1noc2c1C(=O)CC(c1ccccc1)C2. The van der Waals surface area contributed by atoms with Crippen molar-refractivity contribution in [2.24, 2.45) is 4.99 Å². The number of aliphatic hydroxyl groups excluding tert-OH is 1. The summed E-state index contributed by atoms with van der Waals surface area (Å²) in [5.74, 6) is 0.626. The summed E-state index contributed by atoms with van der Waals surface area (Å²) in [5, 5.41) is 14.8. The molecule has 1 N–H and O–H groups in total. The number of hydrogen-bond acceptors (Lipinski definition) is 6. The molecular formula is C25H26N2O4. The molecule has 6 nitrogen and oxygen atoms in total. The van der Waals surface area contributed by atoms with E-state index in [0.29, 0.717) is 67.0 Å². The third-order valence-electron chi connectivity index (χ3n) is 5.93. The number of carbonyl (C=O) groups excluding carboxylic acids is 2. The van der Waals surface area contributed by atoms with Crippen LogP contribution in [0.25, 0.3) is 0 Å². The summed E-state index contributed by atoms with van der Waals surface area (Å²) >= 11 is 0. The molecule has 31 heavy (non-hydrogen) atoms. The predicted octanol–water partition coefficient (Wildman–Crippen LogP) is 4.71. The van der Waals surface area contributed by atoms with Crippen LogP contribution in [0.1, 0.15) is 65.4 Å². The van der Waals surface area contributed by atoms with E-state index in [1.807, 2.05) is 30.3 Å². The fourth-order valence-corrected chi connectivity index (χ4v) is 4.42. The highest BCUT2D eigenvalue weighted by Crippen LogP contribution is 2.35. The number of nitrogens with zero attached hydrogens (tertiary/aromatic N) is 2. The molecule has 0 spiro atoms. The number of aliphatic hydroxyl groups is 1. The van der Waals surface area contributed by atoms with Crippen LogP contribution in [0.2, 0.25) is 0 Å². The van der Waals surface area contributed by atoms with Gasteiger partial charge in [-0.15, -0.1) is 6.58 Å². The van der Waals surface area contributed by atoms with Gasteiger partial charge in [-0.25, -0.2) is 0 Å². The first-order valence-electron chi connectivity index (χ1n) is 10.7. The Hall–Kier alpha value is -3.28. The number of rotatable bonds is 6. The number of aliphatic imine (C=N–C) groups is 1. The monoisotopic (exact) mass is 418 g/mol. The number of ketones is 2. The van der Waals surface area contributed by atoms with Crippen molar-refractivity contribution in [3.05, 3.63) is 76.9 Å². The fourth-order valence-electron chi connectivity index (χ4n) is 4.42. The lowest BCUT2D eigenvalue weighted by Gasteiger charge is -2.20. The fraction of sp³-hybridized carbons (Fsp3) is 0.360. The highest BCUT2D eigenvalue weighted by atomic mass is 16.5. The van der Waals surface area contributed by atoms with Crippen LogP contribution < -0.4 is 0 Å². The van der Waals surface area contributed by atoms with Gasteiger partial charge in [0.25, 0.3) is 0 Å². The second-order valence-corrected chi connectivity index (χ2v) is 8.04. The molecule has 2 aliphatic rings. The van der Waals surface area contributed by atoms with Crippen LogP contribution in [0.15, 0.2) is 63.8 Å². The lowest BCUT2D eigenvalue weighted by atomic mass is 9.81. The summed E-state index contributed by atoms with van der Waals surface area (Å²) < 4.78 is 5.51. The number of fused-ring (bicyclic) bond motifs is 1. The van der Waals surface area contributed by atoms with Gasteiger partial charge in [-0.1, -0.05) is 41.6 Å². The number of Topliss-reactive ketones (excluding diaryl/α,β-unsaturated/α-hetero) is 2. The third-order valence-corrected chi connectivity index (χ3v) is 5.93. The molecule has 0 radical (unpaired) electrons. The van der Waals surface area contributed by atoms with E-state index in [-0.39, 0.29) is 29.7 Å². The average molecular weight is 418 g/mol. The lowest BCUT2D eigenvalue weighted by Crippen LogP contribution is -2.22. The summed E-state index contributed by atoms with van der Waals surface area (Å²) in [6, 6.07) is 9.94. The van der Waals surface area contributed by atoms with E-state index < -0.39 is 0 Å². The van der Waals surface area contributed by atoms with Crippen molar-refractivity contribution in [1.82, 2.24) is 5.16 Å². The van der Waals surface area contributed by atoms with Crippen molar-refractivity contribution in [3.8, 4) is 0 Å². The van der Waals surface area contributed by atoms with Crippen LogP contribution in [0.3, 0.4) is 0 Å². The van der Waals surface area contributed by atoms with Gasteiger partial charge in [-0.3, -0.25) is 14.6 Å². The van der Waals surface area contributed by atoms with Crippen LogP contribution in [0, 0.1) is 0 Å². The second kappa shape index (κ2) is 9.25. The predicted molar refractivity (Wildman–Crippen MR) is 118 cm³/mol. The average Bonchev–Trinajstić information content (AvgIpc) is 3.20. The van der Waals surface area contributed by atoms with Gasteiger partial charge < -0.3 is 9.63 Å². The molecule has 1 aromatic heterocycles. The first-order chi connectivity index (χ1) is 15.1. The number of benzene rings is 1. The molecule has 1 aromatic carbocycles. The highest BCUT2D eigenvalue weighted by molar-refractivity contribution is 6.24. The molecule has 1 heterocycles. The van der Waals surface area contributed by atoms with Crippen molar-refractivity contribution in [2.75, 3.05) is 6.54 Å². The molecule has 1 fully saturated rings. The van der Waals surface area contributed by atoms with E-state index in [9.17, 15) is 14.7 Å². The zero-order valence-electron chi connectivity index (χ0n) is 17.5. The highest BCUT2D eigenvalue weighted by Gasteiger charge is 2.33. The van der Waals surface area contributed by atoms with Crippen LogP contribution in [-0.2, 0) is 17.6 Å². The molecular weight excluding hydrogens is 392 g/mol. The van der Waals surface area contributed by atoms with Gasteiger partial charge in [0.15, 0.2) is 11.6 Å². The topological polar surface area (TPSA) is 92.8 Å². The van der Waals surface area contributed by atoms with Gasteiger partial charge in [0.05, 0.1) is 23.4 Å². The number of hydrogen-bond donors (Lipinski definition) is 1. The Labute approximate surface area is 181 Å². The molecule has 2 aromatic rings. The maximum absolute atomic E-state index is 12.9. The third kappa shape index (κ3) is 4.43. The molecule has 0 bridgehead atoms. The van der Waals surface area contributed by atoms with Crippen molar-refractivity contribution in [2.45, 2.75) is 50.9 Å². The summed E-state index contributed by atoms with van der Waals surface area (Å²) in [6.45, 7) is 4.07. The van der Waals surface area contributed by atoms with E-state index in [1.54, 1.807) is 6.08 Å². The Morgan fingerprint density at radius 2 is 2.00 bits per heavy atom. The Kier molecular flexibility index (Phi) is 6.26. The quantitative estimate of drug-likeness (QED) is 0.417. The number of allylic oxidation sites excluding steroid dienone is 2. The molecule has 0 aliphatic heterocycles. The second-order valence-electron chi connectivity index (χ2n) is 8.04. The van der Waals surface area contributed by atoms with Crippen LogP contribution in [0.4, 0.5) is 0 Å². The summed E-state index contributed by atoms with van der Waals surface area (Å²) in [4.78, 5) is 29.7. The van der Waals surface area contributed by atoms with Gasteiger partial charge in [0.1, 0.15) is 11.5 Å². The number of carbonyl (C=O) groups is 2. The Morgan fingerprint density at radius 3 is 2.77 bits per heavy atom. The molecule has 1 atom stereocenters. The van der Waals surface area contributed by atoms with Crippen molar-refractivity contribution < 1.29 is 19.2 Å². The van der Waals surface area contributed by atoms with E-state index in [2.05, 4.69) is 16.7 Å². The van der Waals surface area contributed by atoms with Crippen molar-refractivity contribution in [3.63, 3.8) is 0 Å². The Bertz CT molecular complexity index is 1060. The van der Waals surface area contributed by atoms with Gasteiger partial charge in [-0.2, -0.15) is 0 Å². The molecule has 6 heteroatoms. The van der Waals surface area contributed by atoms with Crippen molar-refractivity contribution in [1.29, 1.82) is 0 Å². The molecule has 2 aliphatic carbocycles. The minimum absolute atomic E-state index is 0.00897. The van der Waals surface area contributed by atoms with Crippen LogP contribution >= 0.6 is 0 Å². The first kappa shape index (κ1) is 21.0. The maximum atomic E-state index is 12.9. The summed E-state index contributed by atoms with van der Waals surface area (Å²) in [7, 11) is 0. The number of aryl methyl sites for hydroxylation is 1. The molecule has 1 saturated carbocycles. The zero-order valence-corrected chi connectivity index (χ0v) is 17.5. The minimum atomic E-state index is -0.0875. The smallest absolute Gasteiger partial charge is 0.168 e. The molecule has 4 rings (SSSR count). The normalized spacial score (nSPS) is 21.8. The zero-order chi connectivity index (χ0) is 21.8. The summed E-state index contributed by atoms with van der Waals surface area (Å²) in [5.41, 5.74) is 3.16. The van der Waals surface area contributed by atoms with E-state index in [0.717, 1.165) is 12.0 Å².